The van der Waals surface area contributed by atoms with Gasteiger partial charge in [-0.3, -0.25) is 4.90 Å². The monoisotopic (exact) mass is 642 g/mol. The van der Waals surface area contributed by atoms with Crippen molar-refractivity contribution >= 4 is 5.69 Å². The number of nitrogens with one attached hydrogen (secondary N) is 1. The molecule has 5 heteroatoms. The van der Waals surface area contributed by atoms with Gasteiger partial charge in [0.05, 0.1) is 17.8 Å². The zero-order chi connectivity index (χ0) is 32.3. The summed E-state index contributed by atoms with van der Waals surface area (Å²) in [4.78, 5) is 2.72. The lowest BCUT2D eigenvalue weighted by Crippen LogP contribution is -2.67. The molecule has 0 radical (unpaired) electrons. The van der Waals surface area contributed by atoms with E-state index in [1.54, 1.807) is 0 Å². The van der Waals surface area contributed by atoms with Crippen molar-refractivity contribution in [1.82, 2.24) is 4.90 Å². The minimum absolute atomic E-state index is 0.00724. The van der Waals surface area contributed by atoms with Gasteiger partial charge in [0.1, 0.15) is 0 Å². The summed E-state index contributed by atoms with van der Waals surface area (Å²) in [7, 11) is 2.00. The molecule has 0 aromatic heterocycles. The summed E-state index contributed by atoms with van der Waals surface area (Å²) in [6.45, 7) is 6.92. The Balaban J connectivity index is 1.00. The van der Waals surface area contributed by atoms with Crippen molar-refractivity contribution in [3.63, 3.8) is 0 Å². The molecule has 1 aromatic rings. The lowest BCUT2D eigenvalue weighted by molar-refractivity contribution is -0.189. The second kappa shape index (κ2) is 11.3. The Hall–Kier alpha value is -1.40. The van der Waals surface area contributed by atoms with Crippen molar-refractivity contribution in [2.75, 3.05) is 25.5 Å². The lowest BCUT2D eigenvalue weighted by atomic mass is 9.42. The molecule has 0 amide bonds. The number of fused-ring (bicyclic) bond motifs is 6. The first-order chi connectivity index (χ1) is 22.6. The molecule has 9 rings (SSSR count). The standard InChI is InChI=1S/C42H62N2O3/c1-25-9-14-36-40(2,47)33-13-12-29-31-19-35(45)34-20-37(46)41(17-15-27(21-41)11-10-26-6-4-7-28(18-26)43-3)24-42(34)16-5-8-30(39(31)42)38(29)32(33)23-44(36)22-25/h4-8,18,25,27,29-39,43,45-47H,9-17,19-24H2,1-3H3/t25-,27-,29-,30+,31-,32-,33-,34+,35+,36-,37-,38-,39+,40+,41-,42-/m1/s1. The van der Waals surface area contributed by atoms with Crippen LogP contribution in [-0.4, -0.2) is 64.2 Å². The van der Waals surface area contributed by atoms with Crippen LogP contribution in [0.2, 0.25) is 0 Å². The van der Waals surface area contributed by atoms with E-state index in [1.807, 2.05) is 7.05 Å². The molecular formula is C42H62N2O3. The van der Waals surface area contributed by atoms with Gasteiger partial charge in [0, 0.05) is 31.9 Å². The fourth-order valence-electron chi connectivity index (χ4n) is 15.2. The first-order valence-corrected chi connectivity index (χ1v) is 19.9. The van der Waals surface area contributed by atoms with E-state index in [-0.39, 0.29) is 29.0 Å². The van der Waals surface area contributed by atoms with Crippen LogP contribution >= 0.6 is 0 Å². The Morgan fingerprint density at radius 1 is 0.979 bits per heavy atom. The maximum atomic E-state index is 12.3. The zero-order valence-corrected chi connectivity index (χ0v) is 29.4. The summed E-state index contributed by atoms with van der Waals surface area (Å²) in [6, 6.07) is 9.19. The van der Waals surface area contributed by atoms with Crippen LogP contribution in [0.4, 0.5) is 5.69 Å². The number of anilines is 1. The van der Waals surface area contributed by atoms with E-state index in [2.05, 4.69) is 60.5 Å². The van der Waals surface area contributed by atoms with E-state index in [4.69, 9.17) is 0 Å². The number of allylic oxidation sites excluding steroid dienone is 2. The molecular weight excluding hydrogens is 580 g/mol. The van der Waals surface area contributed by atoms with Crippen molar-refractivity contribution in [2.24, 2.45) is 70.0 Å². The molecule has 2 heterocycles. The van der Waals surface area contributed by atoms with Crippen LogP contribution < -0.4 is 5.32 Å². The van der Waals surface area contributed by atoms with Crippen molar-refractivity contribution in [3.05, 3.63) is 42.0 Å². The molecule has 7 fully saturated rings. The predicted octanol–water partition coefficient (Wildman–Crippen LogP) is 6.92. The molecule has 6 aliphatic carbocycles. The molecule has 47 heavy (non-hydrogen) atoms. The van der Waals surface area contributed by atoms with Crippen molar-refractivity contribution in [2.45, 2.75) is 121 Å². The quantitative estimate of drug-likeness (QED) is 0.269. The van der Waals surface area contributed by atoms with Crippen LogP contribution in [0.5, 0.6) is 0 Å². The SMILES string of the molecule is CNc1cccc(CC[C@@H]2CC[C@@]3(C2)C[C@]24CC=C[C@H]5[C@H]6[C@H](CC[C@@H]7[C@H]6CN6C[C@H](C)CC[C@@H]6[C@@]7(C)O)[C@@H](C[C@H](O)[C@@H]2C[C@H]3O)[C@H]54)c1. The Kier molecular flexibility index (Phi) is 7.59. The molecule has 258 valence electrons. The van der Waals surface area contributed by atoms with Gasteiger partial charge >= 0.3 is 0 Å². The molecule has 4 N–H and O–H groups in total. The third-order valence-corrected chi connectivity index (χ3v) is 16.9. The van der Waals surface area contributed by atoms with Crippen molar-refractivity contribution in [1.29, 1.82) is 0 Å². The number of nitrogens with zero attached hydrogens (tertiary/aromatic N) is 1. The highest BCUT2D eigenvalue weighted by Gasteiger charge is 2.71. The van der Waals surface area contributed by atoms with Gasteiger partial charge in [-0.05, 0) is 178 Å². The third kappa shape index (κ3) is 4.67. The minimum Gasteiger partial charge on any atom is -0.393 e. The zero-order valence-electron chi connectivity index (χ0n) is 29.4. The molecule has 2 saturated heterocycles. The molecule has 0 bridgehead atoms. The topological polar surface area (TPSA) is 76.0 Å². The predicted molar refractivity (Wildman–Crippen MR) is 188 cm³/mol. The summed E-state index contributed by atoms with van der Waals surface area (Å²) < 4.78 is 0. The molecule has 2 spiro atoms. The number of piperidine rings is 2. The Bertz CT molecular complexity index is 1380. The highest BCUT2D eigenvalue weighted by atomic mass is 16.3. The van der Waals surface area contributed by atoms with Gasteiger partial charge in [0.2, 0.25) is 0 Å². The van der Waals surface area contributed by atoms with Gasteiger partial charge in [-0.1, -0.05) is 31.2 Å². The Labute approximate surface area is 284 Å². The number of aryl methyl sites for hydroxylation is 1. The van der Waals surface area contributed by atoms with Gasteiger partial charge in [-0.25, -0.2) is 0 Å². The number of hydrogen-bond donors (Lipinski definition) is 4. The fourth-order valence-corrected chi connectivity index (χ4v) is 15.2. The summed E-state index contributed by atoms with van der Waals surface area (Å²) in [6.07, 6.45) is 19.2. The van der Waals surface area contributed by atoms with E-state index in [0.717, 1.165) is 70.3 Å². The maximum Gasteiger partial charge on any atom is 0.0805 e. The van der Waals surface area contributed by atoms with E-state index in [1.165, 1.54) is 43.5 Å². The molecule has 16 atom stereocenters. The highest BCUT2D eigenvalue weighted by molar-refractivity contribution is 5.45. The van der Waals surface area contributed by atoms with Crippen LogP contribution in [-0.2, 0) is 6.42 Å². The summed E-state index contributed by atoms with van der Waals surface area (Å²) >= 11 is 0. The summed E-state index contributed by atoms with van der Waals surface area (Å²) in [5, 5.41) is 39.6. The van der Waals surface area contributed by atoms with Crippen LogP contribution in [0, 0.1) is 70.0 Å². The minimum atomic E-state index is -0.605. The third-order valence-electron chi connectivity index (χ3n) is 16.9. The normalized spacial score (nSPS) is 53.1. The van der Waals surface area contributed by atoms with Gasteiger partial charge in [-0.2, -0.15) is 0 Å². The summed E-state index contributed by atoms with van der Waals surface area (Å²) in [5.41, 5.74) is 2.12. The highest BCUT2D eigenvalue weighted by Crippen LogP contribution is 2.74. The van der Waals surface area contributed by atoms with E-state index >= 15 is 0 Å². The largest absolute Gasteiger partial charge is 0.393 e. The molecule has 8 aliphatic rings. The Morgan fingerprint density at radius 2 is 1.85 bits per heavy atom. The fraction of sp³-hybridized carbons (Fsp3) is 0.810. The van der Waals surface area contributed by atoms with Crippen molar-refractivity contribution < 1.29 is 15.3 Å². The second-order valence-corrected chi connectivity index (χ2v) is 18.9. The molecule has 5 saturated carbocycles. The van der Waals surface area contributed by atoms with Gasteiger partial charge in [0.15, 0.2) is 0 Å². The van der Waals surface area contributed by atoms with E-state index in [0.29, 0.717) is 53.4 Å². The molecule has 0 unspecified atom stereocenters. The van der Waals surface area contributed by atoms with Gasteiger partial charge in [-0.15, -0.1) is 0 Å². The van der Waals surface area contributed by atoms with Gasteiger partial charge in [0.25, 0.3) is 0 Å². The maximum absolute atomic E-state index is 12.3. The number of aliphatic hydroxyl groups is 3. The number of hydrogen-bond acceptors (Lipinski definition) is 5. The average molecular weight is 643 g/mol. The van der Waals surface area contributed by atoms with Crippen molar-refractivity contribution in [3.8, 4) is 0 Å². The number of aliphatic hydroxyl groups excluding tert-OH is 2. The van der Waals surface area contributed by atoms with Crippen LogP contribution in [0.3, 0.4) is 0 Å². The van der Waals surface area contributed by atoms with E-state index in [9.17, 15) is 15.3 Å². The number of rotatable bonds is 4. The van der Waals surface area contributed by atoms with Crippen LogP contribution in [0.1, 0.15) is 96.5 Å². The summed E-state index contributed by atoms with van der Waals surface area (Å²) in [5.74, 6) is 5.65. The first kappa shape index (κ1) is 31.6. The molecule has 1 aromatic carbocycles. The van der Waals surface area contributed by atoms with Gasteiger partial charge < -0.3 is 20.6 Å². The second-order valence-electron chi connectivity index (χ2n) is 18.9. The Morgan fingerprint density at radius 3 is 2.70 bits per heavy atom. The molecule has 5 nitrogen and oxygen atoms in total. The first-order valence-electron chi connectivity index (χ1n) is 19.9. The van der Waals surface area contributed by atoms with E-state index < -0.39 is 5.60 Å². The smallest absolute Gasteiger partial charge is 0.0805 e. The number of benzene rings is 1. The van der Waals surface area contributed by atoms with Crippen LogP contribution in [0.15, 0.2) is 36.4 Å². The molecule has 2 aliphatic heterocycles. The average Bonchev–Trinajstić information content (AvgIpc) is 3.61. The lowest BCUT2D eigenvalue weighted by Gasteiger charge is -2.63. The van der Waals surface area contributed by atoms with Crippen LogP contribution in [0.25, 0.3) is 0 Å².